The number of fused-ring (bicyclic) bond motifs is 1. The minimum atomic E-state index is 0.241. The maximum Gasteiger partial charge on any atom is 0.0437 e. The Labute approximate surface area is 100 Å². The summed E-state index contributed by atoms with van der Waals surface area (Å²) in [5.74, 6) is 0. The molecular formula is C15H25N. The minimum absolute atomic E-state index is 0.241. The molecule has 0 spiro atoms. The van der Waals surface area contributed by atoms with Crippen LogP contribution in [0.15, 0.2) is 23.4 Å². The smallest absolute Gasteiger partial charge is 0.0437 e. The van der Waals surface area contributed by atoms with Crippen LogP contribution in [0.4, 0.5) is 0 Å². The second kappa shape index (κ2) is 3.94. The number of allylic oxidation sites excluding steroid dienone is 3. The Morgan fingerprint density at radius 3 is 2.50 bits per heavy atom. The molecule has 0 aromatic carbocycles. The number of hydrogen-bond donors (Lipinski definition) is 1. The van der Waals surface area contributed by atoms with Crippen molar-refractivity contribution in [3.63, 3.8) is 0 Å². The van der Waals surface area contributed by atoms with Crippen molar-refractivity contribution in [1.82, 2.24) is 5.32 Å². The second-order valence-corrected chi connectivity index (χ2v) is 5.71. The van der Waals surface area contributed by atoms with E-state index in [0.29, 0.717) is 5.41 Å². The zero-order valence-corrected chi connectivity index (χ0v) is 11.2. The Kier molecular flexibility index (Phi) is 2.90. The molecule has 1 fully saturated rings. The van der Waals surface area contributed by atoms with Crippen LogP contribution in [-0.4, -0.2) is 5.54 Å². The number of rotatable bonds is 3. The van der Waals surface area contributed by atoms with Gasteiger partial charge in [0.2, 0.25) is 0 Å². The second-order valence-electron chi connectivity index (χ2n) is 5.71. The quantitative estimate of drug-likeness (QED) is 0.751. The van der Waals surface area contributed by atoms with Crippen LogP contribution in [0.3, 0.4) is 0 Å². The average molecular weight is 219 g/mol. The van der Waals surface area contributed by atoms with Crippen LogP contribution < -0.4 is 5.32 Å². The van der Waals surface area contributed by atoms with Gasteiger partial charge in [0.1, 0.15) is 0 Å². The van der Waals surface area contributed by atoms with Crippen molar-refractivity contribution in [2.24, 2.45) is 5.41 Å². The van der Waals surface area contributed by atoms with Crippen LogP contribution >= 0.6 is 0 Å². The maximum absolute atomic E-state index is 3.79. The average Bonchev–Trinajstić information content (AvgIpc) is 2.50. The van der Waals surface area contributed by atoms with E-state index in [1.54, 1.807) is 5.57 Å². The molecule has 1 saturated heterocycles. The van der Waals surface area contributed by atoms with Crippen LogP contribution in [0.2, 0.25) is 0 Å². The molecule has 0 radical (unpaired) electrons. The third-order valence-electron chi connectivity index (χ3n) is 4.83. The minimum Gasteiger partial charge on any atom is -0.379 e. The van der Waals surface area contributed by atoms with Crippen molar-refractivity contribution in [2.75, 3.05) is 0 Å². The van der Waals surface area contributed by atoms with E-state index in [-0.39, 0.29) is 5.54 Å². The summed E-state index contributed by atoms with van der Waals surface area (Å²) >= 11 is 0. The highest BCUT2D eigenvalue weighted by Gasteiger charge is 2.51. The van der Waals surface area contributed by atoms with Gasteiger partial charge in [0.05, 0.1) is 0 Å². The molecule has 2 rings (SSSR count). The molecule has 90 valence electrons. The first-order valence-corrected chi connectivity index (χ1v) is 6.77. The van der Waals surface area contributed by atoms with E-state index in [2.05, 4.69) is 45.2 Å². The van der Waals surface area contributed by atoms with Gasteiger partial charge in [-0.3, -0.25) is 0 Å². The molecule has 0 amide bonds. The molecule has 1 nitrogen and oxygen atoms in total. The van der Waals surface area contributed by atoms with E-state index in [1.807, 2.05) is 0 Å². The Morgan fingerprint density at radius 1 is 1.19 bits per heavy atom. The molecule has 1 aliphatic heterocycles. The van der Waals surface area contributed by atoms with Crippen LogP contribution in [0.5, 0.6) is 0 Å². The molecule has 16 heavy (non-hydrogen) atoms. The van der Waals surface area contributed by atoms with Crippen LogP contribution in [0, 0.1) is 5.41 Å². The van der Waals surface area contributed by atoms with Gasteiger partial charge in [0, 0.05) is 16.7 Å². The zero-order chi connectivity index (χ0) is 11.8. The fourth-order valence-corrected chi connectivity index (χ4v) is 3.44. The standard InChI is InChI=1S/C15H25N/c1-5-11-14(3)12-9-7-8-10-13(12)16-15(14,4)6-2/h9-10,16H,5-8,11H2,1-4H3. The van der Waals surface area contributed by atoms with E-state index in [1.165, 1.54) is 37.8 Å². The van der Waals surface area contributed by atoms with Gasteiger partial charge in [-0.05, 0) is 38.2 Å². The molecule has 2 aliphatic rings. The highest BCUT2D eigenvalue weighted by atomic mass is 15.1. The highest BCUT2D eigenvalue weighted by molar-refractivity contribution is 5.46. The Bertz CT molecular complexity index is 339. The van der Waals surface area contributed by atoms with Crippen molar-refractivity contribution in [3.8, 4) is 0 Å². The summed E-state index contributed by atoms with van der Waals surface area (Å²) in [5.41, 5.74) is 3.57. The SMILES string of the molecule is CCCC1(C)C2=CCCC=C2NC1(C)CC. The molecule has 2 atom stereocenters. The lowest BCUT2D eigenvalue weighted by atomic mass is 9.65. The lowest BCUT2D eigenvalue weighted by Crippen LogP contribution is -2.47. The molecule has 0 bridgehead atoms. The van der Waals surface area contributed by atoms with Gasteiger partial charge in [0.15, 0.2) is 0 Å². The van der Waals surface area contributed by atoms with Gasteiger partial charge in [-0.1, -0.05) is 39.3 Å². The lowest BCUT2D eigenvalue weighted by Gasteiger charge is -2.40. The van der Waals surface area contributed by atoms with Gasteiger partial charge in [-0.15, -0.1) is 0 Å². The maximum atomic E-state index is 3.79. The summed E-state index contributed by atoms with van der Waals surface area (Å²) in [6, 6.07) is 0. The number of hydrogen-bond acceptors (Lipinski definition) is 1. The summed E-state index contributed by atoms with van der Waals surface area (Å²) in [6.45, 7) is 9.44. The van der Waals surface area contributed by atoms with Crippen LogP contribution in [-0.2, 0) is 0 Å². The van der Waals surface area contributed by atoms with Crippen molar-refractivity contribution in [3.05, 3.63) is 23.4 Å². The van der Waals surface area contributed by atoms with Crippen molar-refractivity contribution < 1.29 is 0 Å². The summed E-state index contributed by atoms with van der Waals surface area (Å²) in [5, 5.41) is 3.79. The molecule has 0 saturated carbocycles. The molecule has 1 heterocycles. The van der Waals surface area contributed by atoms with E-state index in [0.717, 1.165) is 0 Å². The first-order chi connectivity index (χ1) is 7.57. The monoisotopic (exact) mass is 219 g/mol. The summed E-state index contributed by atoms with van der Waals surface area (Å²) in [6.07, 6.45) is 11.0. The molecule has 0 aromatic heterocycles. The summed E-state index contributed by atoms with van der Waals surface area (Å²) in [7, 11) is 0. The lowest BCUT2D eigenvalue weighted by molar-refractivity contribution is 0.188. The molecular weight excluding hydrogens is 194 g/mol. The van der Waals surface area contributed by atoms with Crippen molar-refractivity contribution in [2.45, 2.75) is 65.3 Å². The number of nitrogens with one attached hydrogen (secondary N) is 1. The van der Waals surface area contributed by atoms with Crippen LogP contribution in [0.25, 0.3) is 0 Å². The first-order valence-electron chi connectivity index (χ1n) is 6.77. The molecule has 1 heteroatoms. The Balaban J connectivity index is 2.44. The predicted octanol–water partition coefficient (Wildman–Crippen LogP) is 4.17. The van der Waals surface area contributed by atoms with Gasteiger partial charge >= 0.3 is 0 Å². The van der Waals surface area contributed by atoms with Gasteiger partial charge in [-0.2, -0.15) is 0 Å². The topological polar surface area (TPSA) is 12.0 Å². The molecule has 1 N–H and O–H groups in total. The molecule has 2 unspecified atom stereocenters. The Hall–Kier alpha value is -0.720. The van der Waals surface area contributed by atoms with Gasteiger partial charge in [0.25, 0.3) is 0 Å². The third kappa shape index (κ3) is 1.44. The molecule has 1 aliphatic carbocycles. The summed E-state index contributed by atoms with van der Waals surface area (Å²) < 4.78 is 0. The predicted molar refractivity (Wildman–Crippen MR) is 70.2 cm³/mol. The normalized spacial score (nSPS) is 37.5. The summed E-state index contributed by atoms with van der Waals surface area (Å²) in [4.78, 5) is 0. The highest BCUT2D eigenvalue weighted by Crippen LogP contribution is 2.53. The molecule has 0 aromatic rings. The van der Waals surface area contributed by atoms with Gasteiger partial charge < -0.3 is 5.32 Å². The van der Waals surface area contributed by atoms with Crippen LogP contribution in [0.1, 0.15) is 59.8 Å². The first kappa shape index (κ1) is 11.8. The van der Waals surface area contributed by atoms with E-state index in [4.69, 9.17) is 0 Å². The van der Waals surface area contributed by atoms with Crippen molar-refractivity contribution >= 4 is 0 Å². The largest absolute Gasteiger partial charge is 0.379 e. The van der Waals surface area contributed by atoms with E-state index in [9.17, 15) is 0 Å². The van der Waals surface area contributed by atoms with E-state index < -0.39 is 0 Å². The fourth-order valence-electron chi connectivity index (χ4n) is 3.44. The Morgan fingerprint density at radius 2 is 1.88 bits per heavy atom. The van der Waals surface area contributed by atoms with Gasteiger partial charge in [-0.25, -0.2) is 0 Å². The third-order valence-corrected chi connectivity index (χ3v) is 4.83. The fraction of sp³-hybridized carbons (Fsp3) is 0.733. The zero-order valence-electron chi connectivity index (χ0n) is 11.2. The van der Waals surface area contributed by atoms with E-state index >= 15 is 0 Å². The van der Waals surface area contributed by atoms with Crippen molar-refractivity contribution in [1.29, 1.82) is 0 Å².